The minimum Gasteiger partial charge on any atom is -0.347 e. The Bertz CT molecular complexity index is 935. The summed E-state index contributed by atoms with van der Waals surface area (Å²) in [6.07, 6.45) is 0.604. The molecule has 27 heavy (non-hydrogen) atoms. The van der Waals surface area contributed by atoms with E-state index in [4.69, 9.17) is 0 Å². The number of anilines is 3. The molecule has 9 heteroatoms. The first kappa shape index (κ1) is 18.7. The maximum absolute atomic E-state index is 14.0. The molecule has 3 aromatic rings. The number of hydrogen-bond donors (Lipinski definition) is 2. The van der Waals surface area contributed by atoms with Gasteiger partial charge in [0.05, 0.1) is 6.04 Å². The van der Waals surface area contributed by atoms with Gasteiger partial charge in [0.2, 0.25) is 11.9 Å². The summed E-state index contributed by atoms with van der Waals surface area (Å²) >= 11 is 0. The SMILES string of the molecule is CCc1nc(Nc2cc(C)n(C)n2)nc(NC(C)c2ccc(F)cc2F)n1. The largest absolute Gasteiger partial charge is 0.347 e. The molecule has 1 unspecified atom stereocenters. The van der Waals surface area contributed by atoms with E-state index in [9.17, 15) is 8.78 Å². The third-order valence-electron chi connectivity index (χ3n) is 4.13. The Labute approximate surface area is 155 Å². The van der Waals surface area contributed by atoms with Crippen LogP contribution in [0, 0.1) is 18.6 Å². The van der Waals surface area contributed by atoms with E-state index in [0.717, 1.165) is 11.8 Å². The topological polar surface area (TPSA) is 80.5 Å². The van der Waals surface area contributed by atoms with Crippen molar-refractivity contribution in [2.45, 2.75) is 33.2 Å². The molecular weight excluding hydrogens is 352 g/mol. The molecule has 1 aromatic carbocycles. The summed E-state index contributed by atoms with van der Waals surface area (Å²) < 4.78 is 28.9. The van der Waals surface area contributed by atoms with Crippen LogP contribution in [0.4, 0.5) is 26.5 Å². The number of halogens is 2. The van der Waals surface area contributed by atoms with Crippen LogP contribution in [0.5, 0.6) is 0 Å². The van der Waals surface area contributed by atoms with Crippen LogP contribution in [-0.2, 0) is 13.5 Å². The first-order chi connectivity index (χ1) is 12.9. The second-order valence-electron chi connectivity index (χ2n) is 6.20. The second-order valence-corrected chi connectivity index (χ2v) is 6.20. The number of nitrogens with zero attached hydrogens (tertiary/aromatic N) is 5. The first-order valence-corrected chi connectivity index (χ1v) is 8.59. The molecule has 7 nitrogen and oxygen atoms in total. The predicted octanol–water partition coefficient (Wildman–Crippen LogP) is 3.67. The normalized spacial score (nSPS) is 12.1. The van der Waals surface area contributed by atoms with Gasteiger partial charge in [-0.2, -0.15) is 20.1 Å². The number of benzene rings is 1. The first-order valence-electron chi connectivity index (χ1n) is 8.59. The highest BCUT2D eigenvalue weighted by Gasteiger charge is 2.15. The molecule has 0 bridgehead atoms. The van der Waals surface area contributed by atoms with Gasteiger partial charge in [0.1, 0.15) is 17.5 Å². The summed E-state index contributed by atoms with van der Waals surface area (Å²) in [5.74, 6) is 0.597. The van der Waals surface area contributed by atoms with Gasteiger partial charge in [-0.05, 0) is 19.9 Å². The molecule has 2 heterocycles. The Kier molecular flexibility index (Phi) is 5.29. The van der Waals surface area contributed by atoms with Crippen LogP contribution >= 0.6 is 0 Å². The molecule has 0 spiro atoms. The molecule has 1 atom stereocenters. The lowest BCUT2D eigenvalue weighted by Crippen LogP contribution is -2.14. The summed E-state index contributed by atoms with van der Waals surface area (Å²) in [5.41, 5.74) is 1.31. The van der Waals surface area contributed by atoms with Crippen molar-refractivity contribution in [1.82, 2.24) is 24.7 Å². The Morgan fingerprint density at radius 2 is 1.85 bits per heavy atom. The Hall–Kier alpha value is -3.10. The number of aryl methyl sites for hydroxylation is 3. The minimum absolute atomic E-state index is 0.299. The maximum Gasteiger partial charge on any atom is 0.233 e. The molecule has 142 valence electrons. The monoisotopic (exact) mass is 373 g/mol. The molecule has 0 radical (unpaired) electrons. The van der Waals surface area contributed by atoms with Crippen molar-refractivity contribution in [3.63, 3.8) is 0 Å². The lowest BCUT2D eigenvalue weighted by Gasteiger charge is -2.16. The van der Waals surface area contributed by atoms with Crippen molar-refractivity contribution in [3.8, 4) is 0 Å². The van der Waals surface area contributed by atoms with Crippen molar-refractivity contribution in [2.24, 2.45) is 7.05 Å². The summed E-state index contributed by atoms with van der Waals surface area (Å²) in [4.78, 5) is 13.0. The van der Waals surface area contributed by atoms with Crippen LogP contribution in [0.15, 0.2) is 24.3 Å². The number of nitrogens with one attached hydrogen (secondary N) is 2. The van der Waals surface area contributed by atoms with Crippen LogP contribution in [0.2, 0.25) is 0 Å². The van der Waals surface area contributed by atoms with Crippen molar-refractivity contribution >= 4 is 17.7 Å². The smallest absolute Gasteiger partial charge is 0.233 e. The van der Waals surface area contributed by atoms with E-state index < -0.39 is 17.7 Å². The molecule has 2 N–H and O–H groups in total. The van der Waals surface area contributed by atoms with Gasteiger partial charge in [-0.15, -0.1) is 0 Å². The van der Waals surface area contributed by atoms with Gasteiger partial charge >= 0.3 is 0 Å². The van der Waals surface area contributed by atoms with Gasteiger partial charge in [-0.1, -0.05) is 13.0 Å². The molecule has 0 saturated heterocycles. The van der Waals surface area contributed by atoms with E-state index in [1.807, 2.05) is 27.0 Å². The Balaban J connectivity index is 1.84. The van der Waals surface area contributed by atoms with Gasteiger partial charge < -0.3 is 10.6 Å². The molecule has 0 aliphatic carbocycles. The molecule has 0 saturated carbocycles. The average molecular weight is 373 g/mol. The van der Waals surface area contributed by atoms with E-state index in [0.29, 0.717) is 35.5 Å². The number of hydrogen-bond acceptors (Lipinski definition) is 6. The highest BCUT2D eigenvalue weighted by Crippen LogP contribution is 2.22. The molecule has 0 fully saturated rings. The molecule has 0 amide bonds. The zero-order valence-corrected chi connectivity index (χ0v) is 15.6. The number of rotatable bonds is 6. The Morgan fingerprint density at radius 1 is 1.11 bits per heavy atom. The fourth-order valence-corrected chi connectivity index (χ4v) is 2.56. The van der Waals surface area contributed by atoms with Crippen LogP contribution < -0.4 is 10.6 Å². The van der Waals surface area contributed by atoms with Gasteiger partial charge in [0, 0.05) is 36.9 Å². The fraction of sp³-hybridized carbons (Fsp3) is 0.333. The highest BCUT2D eigenvalue weighted by atomic mass is 19.1. The predicted molar refractivity (Wildman–Crippen MR) is 98.8 cm³/mol. The zero-order chi connectivity index (χ0) is 19.6. The van der Waals surface area contributed by atoms with E-state index >= 15 is 0 Å². The van der Waals surface area contributed by atoms with Crippen LogP contribution in [0.1, 0.15) is 37.0 Å². The molecular formula is C18H21F2N7. The third kappa shape index (κ3) is 4.36. The fourth-order valence-electron chi connectivity index (χ4n) is 2.56. The van der Waals surface area contributed by atoms with Gasteiger partial charge in [-0.25, -0.2) is 8.78 Å². The zero-order valence-electron chi connectivity index (χ0n) is 15.6. The van der Waals surface area contributed by atoms with E-state index in [1.165, 1.54) is 12.1 Å². The lowest BCUT2D eigenvalue weighted by molar-refractivity contribution is 0.566. The third-order valence-corrected chi connectivity index (χ3v) is 4.13. The quantitative estimate of drug-likeness (QED) is 0.686. The maximum atomic E-state index is 14.0. The van der Waals surface area contributed by atoms with Crippen LogP contribution in [0.25, 0.3) is 0 Å². The van der Waals surface area contributed by atoms with E-state index in [-0.39, 0.29) is 0 Å². The van der Waals surface area contributed by atoms with E-state index in [1.54, 1.807) is 11.6 Å². The summed E-state index contributed by atoms with van der Waals surface area (Å²) in [6, 6.07) is 4.90. The van der Waals surface area contributed by atoms with Crippen molar-refractivity contribution in [2.75, 3.05) is 10.6 Å². The van der Waals surface area contributed by atoms with Crippen molar-refractivity contribution in [3.05, 3.63) is 53.0 Å². The van der Waals surface area contributed by atoms with Gasteiger partial charge in [0.25, 0.3) is 0 Å². The summed E-state index contributed by atoms with van der Waals surface area (Å²) in [7, 11) is 1.84. The van der Waals surface area contributed by atoms with Crippen LogP contribution in [-0.4, -0.2) is 24.7 Å². The average Bonchev–Trinajstić information content (AvgIpc) is 2.91. The lowest BCUT2D eigenvalue weighted by atomic mass is 10.1. The molecule has 2 aromatic heterocycles. The number of aromatic nitrogens is 5. The van der Waals surface area contributed by atoms with Crippen LogP contribution in [0.3, 0.4) is 0 Å². The van der Waals surface area contributed by atoms with Crippen molar-refractivity contribution in [1.29, 1.82) is 0 Å². The summed E-state index contributed by atoms with van der Waals surface area (Å²) in [5, 5.41) is 10.4. The minimum atomic E-state index is -0.623. The molecule has 0 aliphatic heterocycles. The van der Waals surface area contributed by atoms with Gasteiger partial charge in [0.15, 0.2) is 5.82 Å². The van der Waals surface area contributed by atoms with E-state index in [2.05, 4.69) is 30.7 Å². The summed E-state index contributed by atoms with van der Waals surface area (Å²) in [6.45, 7) is 5.62. The van der Waals surface area contributed by atoms with Crippen molar-refractivity contribution < 1.29 is 8.78 Å². The molecule has 3 rings (SSSR count). The van der Waals surface area contributed by atoms with Gasteiger partial charge in [-0.3, -0.25) is 4.68 Å². The second kappa shape index (κ2) is 7.65. The highest BCUT2D eigenvalue weighted by molar-refractivity contribution is 5.50. The Morgan fingerprint density at radius 3 is 2.48 bits per heavy atom. The standard InChI is InChI=1S/C18H21F2N7/c1-5-15-22-17(21-11(3)13-7-6-12(19)9-14(13)20)25-18(23-15)24-16-8-10(2)27(4)26-16/h6-9,11H,5H2,1-4H3,(H2,21,22,23,24,25,26). The molecule has 0 aliphatic rings.